The number of carbonyl (C=O) groups excluding carboxylic acids is 1. The van der Waals surface area contributed by atoms with Crippen LogP contribution in [0.25, 0.3) is 0 Å². The van der Waals surface area contributed by atoms with Crippen LogP contribution >= 0.6 is 0 Å². The van der Waals surface area contributed by atoms with Crippen molar-refractivity contribution < 1.29 is 14.6 Å². The first-order valence-corrected chi connectivity index (χ1v) is 8.36. The van der Waals surface area contributed by atoms with Gasteiger partial charge >= 0.3 is 6.03 Å². The molecule has 3 unspecified atom stereocenters. The molecule has 0 bridgehead atoms. The SMILES string of the molecule is Cc1ccc(OC(C)CNC(=O)N(C)CC2CCCC2O)cc1. The van der Waals surface area contributed by atoms with E-state index in [-0.39, 0.29) is 24.2 Å². The number of aliphatic hydroxyl groups is 1. The Morgan fingerprint density at radius 3 is 2.70 bits per heavy atom. The molecular weight excluding hydrogens is 292 g/mol. The molecule has 1 aliphatic rings. The molecule has 1 saturated carbocycles. The van der Waals surface area contributed by atoms with Crippen LogP contribution in [-0.2, 0) is 0 Å². The molecule has 0 saturated heterocycles. The van der Waals surface area contributed by atoms with E-state index in [9.17, 15) is 9.90 Å². The summed E-state index contributed by atoms with van der Waals surface area (Å²) in [6.45, 7) is 5.01. The third kappa shape index (κ3) is 5.43. The number of amides is 2. The average Bonchev–Trinajstić information content (AvgIpc) is 2.92. The summed E-state index contributed by atoms with van der Waals surface area (Å²) in [6.07, 6.45) is 2.51. The zero-order valence-corrected chi connectivity index (χ0v) is 14.3. The molecule has 5 heteroatoms. The molecular formula is C18H28N2O3. The topological polar surface area (TPSA) is 61.8 Å². The number of aliphatic hydroxyl groups excluding tert-OH is 1. The number of nitrogens with zero attached hydrogens (tertiary/aromatic N) is 1. The molecule has 23 heavy (non-hydrogen) atoms. The molecule has 0 spiro atoms. The van der Waals surface area contributed by atoms with Crippen molar-refractivity contribution in [3.63, 3.8) is 0 Å². The van der Waals surface area contributed by atoms with Crippen LogP contribution in [0.2, 0.25) is 0 Å². The van der Waals surface area contributed by atoms with Crippen molar-refractivity contribution in [2.45, 2.75) is 45.3 Å². The number of carbonyl (C=O) groups is 1. The Kier molecular flexibility index (Phi) is 6.28. The van der Waals surface area contributed by atoms with Gasteiger partial charge in [-0.05, 0) is 38.8 Å². The summed E-state index contributed by atoms with van der Waals surface area (Å²) in [5.74, 6) is 1.01. The maximum absolute atomic E-state index is 12.1. The van der Waals surface area contributed by atoms with Gasteiger partial charge in [-0.25, -0.2) is 4.79 Å². The second-order valence-corrected chi connectivity index (χ2v) is 6.57. The second-order valence-electron chi connectivity index (χ2n) is 6.57. The van der Waals surface area contributed by atoms with Crippen LogP contribution in [-0.4, -0.2) is 48.4 Å². The summed E-state index contributed by atoms with van der Waals surface area (Å²) < 4.78 is 5.78. The van der Waals surface area contributed by atoms with Gasteiger partial charge in [-0.1, -0.05) is 24.1 Å². The fourth-order valence-electron chi connectivity index (χ4n) is 2.92. The lowest BCUT2D eigenvalue weighted by molar-refractivity contribution is 0.113. The number of ether oxygens (including phenoxy) is 1. The quantitative estimate of drug-likeness (QED) is 0.847. The van der Waals surface area contributed by atoms with E-state index in [1.807, 2.05) is 38.1 Å². The Balaban J connectivity index is 1.71. The third-order valence-corrected chi connectivity index (χ3v) is 4.37. The molecule has 2 amide bonds. The van der Waals surface area contributed by atoms with E-state index in [2.05, 4.69) is 5.32 Å². The summed E-state index contributed by atoms with van der Waals surface area (Å²) >= 11 is 0. The first kappa shape index (κ1) is 17.6. The van der Waals surface area contributed by atoms with Crippen LogP contribution in [0.5, 0.6) is 5.75 Å². The molecule has 1 aromatic rings. The van der Waals surface area contributed by atoms with Crippen molar-refractivity contribution in [3.8, 4) is 5.75 Å². The number of hydrogen-bond donors (Lipinski definition) is 2. The Hall–Kier alpha value is -1.75. The standard InChI is InChI=1S/C18H28N2O3/c1-13-7-9-16(10-8-13)23-14(2)11-19-18(22)20(3)12-15-5-4-6-17(15)21/h7-10,14-15,17,21H,4-6,11-12H2,1-3H3,(H,19,22). The molecule has 2 N–H and O–H groups in total. The minimum Gasteiger partial charge on any atom is -0.489 e. The van der Waals surface area contributed by atoms with Gasteiger partial charge in [-0.2, -0.15) is 0 Å². The third-order valence-electron chi connectivity index (χ3n) is 4.37. The summed E-state index contributed by atoms with van der Waals surface area (Å²) in [5, 5.41) is 12.7. The lowest BCUT2D eigenvalue weighted by atomic mass is 10.1. The van der Waals surface area contributed by atoms with Crippen LogP contribution in [0.1, 0.15) is 31.7 Å². The van der Waals surface area contributed by atoms with Crippen molar-refractivity contribution >= 4 is 6.03 Å². The van der Waals surface area contributed by atoms with Gasteiger partial charge in [0.05, 0.1) is 12.6 Å². The zero-order valence-electron chi connectivity index (χ0n) is 14.3. The number of aryl methyl sites for hydroxylation is 1. The van der Waals surface area contributed by atoms with Crippen molar-refractivity contribution in [2.75, 3.05) is 20.1 Å². The fraction of sp³-hybridized carbons (Fsp3) is 0.611. The number of hydrogen-bond acceptors (Lipinski definition) is 3. The second kappa shape index (κ2) is 8.20. The smallest absolute Gasteiger partial charge is 0.317 e. The molecule has 1 aromatic carbocycles. The van der Waals surface area contributed by atoms with Gasteiger partial charge in [0.15, 0.2) is 0 Å². The maximum atomic E-state index is 12.1. The molecule has 1 fully saturated rings. The minimum atomic E-state index is -0.269. The van der Waals surface area contributed by atoms with Gasteiger partial charge in [0.1, 0.15) is 11.9 Å². The summed E-state index contributed by atoms with van der Waals surface area (Å²) in [4.78, 5) is 13.8. The van der Waals surface area contributed by atoms with E-state index >= 15 is 0 Å². The van der Waals surface area contributed by atoms with E-state index < -0.39 is 0 Å². The Morgan fingerprint density at radius 2 is 2.09 bits per heavy atom. The van der Waals surface area contributed by atoms with Crippen molar-refractivity contribution in [3.05, 3.63) is 29.8 Å². The normalized spacial score (nSPS) is 21.7. The molecule has 3 atom stereocenters. The Bertz CT molecular complexity index is 503. The van der Waals surface area contributed by atoms with Gasteiger partial charge < -0.3 is 20.1 Å². The van der Waals surface area contributed by atoms with E-state index in [1.54, 1.807) is 11.9 Å². The number of urea groups is 1. The molecule has 0 heterocycles. The highest BCUT2D eigenvalue weighted by atomic mass is 16.5. The average molecular weight is 320 g/mol. The van der Waals surface area contributed by atoms with Gasteiger partial charge in [0.25, 0.3) is 0 Å². The van der Waals surface area contributed by atoms with Crippen molar-refractivity contribution in [1.29, 1.82) is 0 Å². The summed E-state index contributed by atoms with van der Waals surface area (Å²) in [6, 6.07) is 7.74. The zero-order chi connectivity index (χ0) is 16.8. The Morgan fingerprint density at radius 1 is 1.39 bits per heavy atom. The lowest BCUT2D eigenvalue weighted by Crippen LogP contribution is -2.44. The predicted octanol–water partition coefficient (Wildman–Crippen LogP) is 2.56. The largest absolute Gasteiger partial charge is 0.489 e. The highest BCUT2D eigenvalue weighted by Crippen LogP contribution is 2.25. The van der Waals surface area contributed by atoms with Crippen LogP contribution in [0.3, 0.4) is 0 Å². The molecule has 0 aromatic heterocycles. The molecule has 2 rings (SSSR count). The van der Waals surface area contributed by atoms with Crippen LogP contribution in [0, 0.1) is 12.8 Å². The van der Waals surface area contributed by atoms with E-state index in [1.165, 1.54) is 5.56 Å². The first-order chi connectivity index (χ1) is 11.0. The van der Waals surface area contributed by atoms with E-state index in [4.69, 9.17) is 4.74 Å². The van der Waals surface area contributed by atoms with Crippen LogP contribution in [0.4, 0.5) is 4.79 Å². The van der Waals surface area contributed by atoms with E-state index in [0.717, 1.165) is 25.0 Å². The molecule has 0 aliphatic heterocycles. The van der Waals surface area contributed by atoms with Crippen LogP contribution < -0.4 is 10.1 Å². The van der Waals surface area contributed by atoms with Gasteiger partial charge in [0, 0.05) is 19.5 Å². The van der Waals surface area contributed by atoms with Crippen molar-refractivity contribution in [1.82, 2.24) is 10.2 Å². The lowest BCUT2D eigenvalue weighted by Gasteiger charge is -2.24. The highest BCUT2D eigenvalue weighted by Gasteiger charge is 2.27. The fourth-order valence-corrected chi connectivity index (χ4v) is 2.92. The Labute approximate surface area is 138 Å². The van der Waals surface area contributed by atoms with Crippen LogP contribution in [0.15, 0.2) is 24.3 Å². The summed E-state index contributed by atoms with van der Waals surface area (Å²) in [5.41, 5.74) is 1.19. The first-order valence-electron chi connectivity index (χ1n) is 8.36. The van der Waals surface area contributed by atoms with E-state index in [0.29, 0.717) is 13.1 Å². The maximum Gasteiger partial charge on any atom is 0.317 e. The predicted molar refractivity (Wildman–Crippen MR) is 90.6 cm³/mol. The number of rotatable bonds is 6. The van der Waals surface area contributed by atoms with Gasteiger partial charge in [-0.3, -0.25) is 0 Å². The van der Waals surface area contributed by atoms with Gasteiger partial charge in [-0.15, -0.1) is 0 Å². The molecule has 5 nitrogen and oxygen atoms in total. The number of benzene rings is 1. The molecule has 1 aliphatic carbocycles. The number of nitrogens with one attached hydrogen (secondary N) is 1. The molecule has 128 valence electrons. The monoisotopic (exact) mass is 320 g/mol. The van der Waals surface area contributed by atoms with Crippen molar-refractivity contribution in [2.24, 2.45) is 5.92 Å². The highest BCUT2D eigenvalue weighted by molar-refractivity contribution is 5.73. The molecule has 0 radical (unpaired) electrons. The summed E-state index contributed by atoms with van der Waals surface area (Å²) in [7, 11) is 1.77. The van der Waals surface area contributed by atoms with Gasteiger partial charge in [0.2, 0.25) is 0 Å². The minimum absolute atomic E-state index is 0.105.